The number of nitrogens with one attached hydrogen (secondary N) is 1. The standard InChI is InChI=1S/C7H9ClN6/c1-2-4(3-9)11-7-13-5(8)12-6(10)14-7/h4H,2H2,1H3,(H3,10,11,12,13,14). The molecule has 0 radical (unpaired) electrons. The molecule has 3 N–H and O–H groups in total. The molecule has 0 fully saturated rings. The molecule has 1 heterocycles. The summed E-state index contributed by atoms with van der Waals surface area (Å²) in [7, 11) is 0. The van der Waals surface area contributed by atoms with Gasteiger partial charge in [0, 0.05) is 0 Å². The molecule has 0 spiro atoms. The summed E-state index contributed by atoms with van der Waals surface area (Å²) in [4.78, 5) is 11.1. The summed E-state index contributed by atoms with van der Waals surface area (Å²) in [6.45, 7) is 1.87. The average molecular weight is 213 g/mol. The Balaban J connectivity index is 2.82. The van der Waals surface area contributed by atoms with Crippen LogP contribution in [0.25, 0.3) is 0 Å². The van der Waals surface area contributed by atoms with Gasteiger partial charge in [0.1, 0.15) is 6.04 Å². The van der Waals surface area contributed by atoms with Crippen LogP contribution in [0.2, 0.25) is 5.28 Å². The van der Waals surface area contributed by atoms with Crippen molar-refractivity contribution in [2.24, 2.45) is 0 Å². The predicted octanol–water partition coefficient (Wildman–Crippen LogP) is 0.821. The number of nitriles is 1. The molecular weight excluding hydrogens is 204 g/mol. The summed E-state index contributed by atoms with van der Waals surface area (Å²) >= 11 is 5.55. The number of aromatic nitrogens is 3. The molecule has 1 atom stereocenters. The number of halogens is 1. The third-order valence-electron chi connectivity index (χ3n) is 1.49. The number of nitrogen functional groups attached to an aromatic ring is 1. The fraction of sp³-hybridized carbons (Fsp3) is 0.429. The van der Waals surface area contributed by atoms with Crippen molar-refractivity contribution in [3.8, 4) is 6.07 Å². The van der Waals surface area contributed by atoms with Gasteiger partial charge in [-0.1, -0.05) is 6.92 Å². The van der Waals surface area contributed by atoms with Crippen molar-refractivity contribution in [2.75, 3.05) is 11.1 Å². The first-order valence-electron chi connectivity index (χ1n) is 3.99. The lowest BCUT2D eigenvalue weighted by Crippen LogP contribution is -2.18. The Hall–Kier alpha value is -1.61. The zero-order chi connectivity index (χ0) is 10.6. The molecule has 0 bridgehead atoms. The van der Waals surface area contributed by atoms with E-state index in [2.05, 4.69) is 20.3 Å². The zero-order valence-corrected chi connectivity index (χ0v) is 8.28. The molecule has 0 aliphatic carbocycles. The van der Waals surface area contributed by atoms with Gasteiger partial charge in [-0.05, 0) is 18.0 Å². The quantitative estimate of drug-likeness (QED) is 0.770. The summed E-state index contributed by atoms with van der Waals surface area (Å²) < 4.78 is 0. The SMILES string of the molecule is CCC(C#N)Nc1nc(N)nc(Cl)n1. The van der Waals surface area contributed by atoms with Gasteiger partial charge in [0.15, 0.2) is 0 Å². The molecule has 0 saturated carbocycles. The molecule has 1 aromatic rings. The molecule has 1 rings (SSSR count). The third kappa shape index (κ3) is 2.71. The fourth-order valence-corrected chi connectivity index (χ4v) is 0.978. The van der Waals surface area contributed by atoms with Crippen LogP contribution in [-0.2, 0) is 0 Å². The normalized spacial score (nSPS) is 11.8. The number of hydrogen-bond acceptors (Lipinski definition) is 6. The van der Waals surface area contributed by atoms with E-state index in [4.69, 9.17) is 22.6 Å². The van der Waals surface area contributed by atoms with Crippen LogP contribution in [0.15, 0.2) is 0 Å². The Morgan fingerprint density at radius 2 is 2.29 bits per heavy atom. The van der Waals surface area contributed by atoms with Crippen molar-refractivity contribution in [3.05, 3.63) is 5.28 Å². The van der Waals surface area contributed by atoms with E-state index in [1.54, 1.807) is 0 Å². The minimum Gasteiger partial charge on any atom is -0.368 e. The van der Waals surface area contributed by atoms with E-state index < -0.39 is 0 Å². The van der Waals surface area contributed by atoms with Crippen LogP contribution < -0.4 is 11.1 Å². The van der Waals surface area contributed by atoms with Crippen molar-refractivity contribution < 1.29 is 0 Å². The molecular formula is C7H9ClN6. The van der Waals surface area contributed by atoms with Gasteiger partial charge in [0.05, 0.1) is 6.07 Å². The molecule has 6 nitrogen and oxygen atoms in total. The highest BCUT2D eigenvalue weighted by atomic mass is 35.5. The van der Waals surface area contributed by atoms with Crippen LogP contribution in [0, 0.1) is 11.3 Å². The van der Waals surface area contributed by atoms with Crippen molar-refractivity contribution >= 4 is 23.5 Å². The Kier molecular flexibility index (Phi) is 3.42. The van der Waals surface area contributed by atoms with E-state index >= 15 is 0 Å². The van der Waals surface area contributed by atoms with Crippen LogP contribution in [0.1, 0.15) is 13.3 Å². The Labute approximate surface area is 86.1 Å². The van der Waals surface area contributed by atoms with E-state index in [1.807, 2.05) is 13.0 Å². The number of nitrogens with two attached hydrogens (primary N) is 1. The van der Waals surface area contributed by atoms with Gasteiger partial charge in [-0.15, -0.1) is 0 Å². The highest BCUT2D eigenvalue weighted by Crippen LogP contribution is 2.08. The van der Waals surface area contributed by atoms with Crippen molar-refractivity contribution in [2.45, 2.75) is 19.4 Å². The minimum absolute atomic E-state index is 0.00722. The molecule has 74 valence electrons. The molecule has 0 aromatic carbocycles. The highest BCUT2D eigenvalue weighted by molar-refractivity contribution is 6.28. The molecule has 0 saturated heterocycles. The Bertz CT molecular complexity index is 339. The molecule has 1 unspecified atom stereocenters. The predicted molar refractivity (Wildman–Crippen MR) is 52.6 cm³/mol. The first-order valence-corrected chi connectivity index (χ1v) is 4.36. The second-order valence-electron chi connectivity index (χ2n) is 2.52. The van der Waals surface area contributed by atoms with E-state index in [-0.39, 0.29) is 23.2 Å². The van der Waals surface area contributed by atoms with Crippen LogP contribution in [0.5, 0.6) is 0 Å². The smallest absolute Gasteiger partial charge is 0.229 e. The summed E-state index contributed by atoms with van der Waals surface area (Å²) in [5.41, 5.74) is 5.35. The topological polar surface area (TPSA) is 101 Å². The van der Waals surface area contributed by atoms with Crippen molar-refractivity contribution in [1.82, 2.24) is 15.0 Å². The van der Waals surface area contributed by atoms with Crippen LogP contribution in [-0.4, -0.2) is 21.0 Å². The summed E-state index contributed by atoms with van der Waals surface area (Å²) in [5.74, 6) is 0.246. The number of nitrogens with zero attached hydrogens (tertiary/aromatic N) is 4. The molecule has 0 aliphatic heterocycles. The largest absolute Gasteiger partial charge is 0.368 e. The lowest BCUT2D eigenvalue weighted by atomic mass is 10.2. The maximum atomic E-state index is 8.68. The summed E-state index contributed by atoms with van der Waals surface area (Å²) in [6.07, 6.45) is 0.639. The lowest BCUT2D eigenvalue weighted by molar-refractivity contribution is 0.827. The van der Waals surface area contributed by atoms with Crippen molar-refractivity contribution in [3.63, 3.8) is 0 Å². The maximum absolute atomic E-state index is 8.68. The second-order valence-corrected chi connectivity index (χ2v) is 2.86. The lowest BCUT2D eigenvalue weighted by Gasteiger charge is -2.08. The van der Waals surface area contributed by atoms with Gasteiger partial charge in [0.25, 0.3) is 0 Å². The minimum atomic E-state index is -0.354. The number of hydrogen-bond donors (Lipinski definition) is 2. The third-order valence-corrected chi connectivity index (χ3v) is 1.66. The molecule has 0 aliphatic rings. The van der Waals surface area contributed by atoms with Gasteiger partial charge in [-0.2, -0.15) is 20.2 Å². The maximum Gasteiger partial charge on any atom is 0.229 e. The van der Waals surface area contributed by atoms with Crippen LogP contribution in [0.3, 0.4) is 0 Å². The van der Waals surface area contributed by atoms with Gasteiger partial charge in [0.2, 0.25) is 17.2 Å². The Morgan fingerprint density at radius 3 is 2.79 bits per heavy atom. The monoisotopic (exact) mass is 212 g/mol. The van der Waals surface area contributed by atoms with E-state index in [0.29, 0.717) is 6.42 Å². The van der Waals surface area contributed by atoms with Crippen LogP contribution >= 0.6 is 11.6 Å². The molecule has 0 amide bonds. The molecule has 1 aromatic heterocycles. The van der Waals surface area contributed by atoms with Gasteiger partial charge in [-0.25, -0.2) is 0 Å². The number of anilines is 2. The Morgan fingerprint density at radius 1 is 1.57 bits per heavy atom. The second kappa shape index (κ2) is 4.58. The summed E-state index contributed by atoms with van der Waals surface area (Å²) in [6, 6.07) is 1.69. The highest BCUT2D eigenvalue weighted by Gasteiger charge is 2.07. The first-order chi connectivity index (χ1) is 6.65. The van der Waals surface area contributed by atoms with Gasteiger partial charge >= 0.3 is 0 Å². The van der Waals surface area contributed by atoms with E-state index in [1.165, 1.54) is 0 Å². The summed E-state index contributed by atoms with van der Waals surface area (Å²) in [5, 5.41) is 11.5. The molecule has 7 heteroatoms. The zero-order valence-electron chi connectivity index (χ0n) is 7.53. The van der Waals surface area contributed by atoms with Crippen LogP contribution in [0.4, 0.5) is 11.9 Å². The van der Waals surface area contributed by atoms with Gasteiger partial charge < -0.3 is 11.1 Å². The fourth-order valence-electron chi connectivity index (χ4n) is 0.811. The van der Waals surface area contributed by atoms with Crippen molar-refractivity contribution in [1.29, 1.82) is 5.26 Å². The van der Waals surface area contributed by atoms with E-state index in [9.17, 15) is 0 Å². The van der Waals surface area contributed by atoms with Gasteiger partial charge in [-0.3, -0.25) is 0 Å². The average Bonchev–Trinajstić information content (AvgIpc) is 2.12. The first kappa shape index (κ1) is 10.5. The van der Waals surface area contributed by atoms with E-state index in [0.717, 1.165) is 0 Å². The number of rotatable bonds is 3. The molecule has 14 heavy (non-hydrogen) atoms.